The number of piperidine rings is 1. The van der Waals surface area contributed by atoms with Crippen molar-refractivity contribution in [2.45, 2.75) is 52.2 Å². The maximum absolute atomic E-state index is 12.9. The fourth-order valence-electron chi connectivity index (χ4n) is 4.92. The molecule has 2 saturated heterocycles. The fraction of sp³-hybridized carbons (Fsp3) is 0.556. The summed E-state index contributed by atoms with van der Waals surface area (Å²) in [6, 6.07) is 9.10. The quantitative estimate of drug-likeness (QED) is 0.516. The summed E-state index contributed by atoms with van der Waals surface area (Å²) in [6.07, 6.45) is 3.63. The molecule has 3 heterocycles. The van der Waals surface area contributed by atoms with Crippen molar-refractivity contribution in [2.75, 3.05) is 44.6 Å². The number of aliphatic hydroxyl groups is 1. The van der Waals surface area contributed by atoms with E-state index in [2.05, 4.69) is 15.2 Å². The van der Waals surface area contributed by atoms with E-state index in [1.807, 2.05) is 31.2 Å². The van der Waals surface area contributed by atoms with Crippen LogP contribution in [0.5, 0.6) is 0 Å². The number of benzene rings is 1. The summed E-state index contributed by atoms with van der Waals surface area (Å²) >= 11 is 0. The van der Waals surface area contributed by atoms with E-state index in [1.54, 1.807) is 35.9 Å². The minimum absolute atomic E-state index is 0.138. The van der Waals surface area contributed by atoms with Crippen LogP contribution in [0.25, 0.3) is 5.69 Å². The van der Waals surface area contributed by atoms with Crippen LogP contribution in [0.4, 0.5) is 10.6 Å². The van der Waals surface area contributed by atoms with Crippen molar-refractivity contribution in [2.24, 2.45) is 11.1 Å². The monoisotopic (exact) mass is 525 g/mol. The number of hydrogen-bond donors (Lipinski definition) is 3. The Labute approximate surface area is 223 Å². The number of nitrogens with one attached hydrogen (secondary N) is 1. The van der Waals surface area contributed by atoms with Gasteiger partial charge >= 0.3 is 11.7 Å². The van der Waals surface area contributed by atoms with Crippen molar-refractivity contribution in [3.8, 4) is 5.69 Å². The number of carbonyl (C=O) groups excluding carboxylic acids is 2. The van der Waals surface area contributed by atoms with Crippen molar-refractivity contribution in [3.63, 3.8) is 0 Å². The second-order valence-corrected chi connectivity index (χ2v) is 11.0. The normalized spacial score (nSPS) is 19.4. The smallest absolute Gasteiger partial charge is 0.354 e. The highest BCUT2D eigenvalue weighted by molar-refractivity contribution is 5.89. The highest BCUT2D eigenvalue weighted by atomic mass is 16.3. The molecular weight excluding hydrogens is 486 g/mol. The van der Waals surface area contributed by atoms with Gasteiger partial charge in [0.05, 0.1) is 17.7 Å². The van der Waals surface area contributed by atoms with E-state index in [1.165, 1.54) is 10.1 Å². The van der Waals surface area contributed by atoms with E-state index < -0.39 is 11.1 Å². The van der Waals surface area contributed by atoms with Gasteiger partial charge in [-0.3, -0.25) is 19.6 Å². The number of rotatable bonds is 6. The molecule has 0 saturated carbocycles. The van der Waals surface area contributed by atoms with Crippen molar-refractivity contribution >= 4 is 17.8 Å². The van der Waals surface area contributed by atoms with Crippen LogP contribution >= 0.6 is 0 Å². The Kier molecular flexibility index (Phi) is 8.49. The molecule has 1 aromatic carbocycles. The maximum Gasteiger partial charge on any atom is 0.354 e. The third-order valence-corrected chi connectivity index (χ3v) is 7.44. The van der Waals surface area contributed by atoms with Crippen molar-refractivity contribution in [1.29, 1.82) is 0 Å². The summed E-state index contributed by atoms with van der Waals surface area (Å²) in [5.41, 5.74) is 6.51. The molecule has 1 aromatic heterocycles. The van der Waals surface area contributed by atoms with E-state index in [0.29, 0.717) is 31.4 Å². The van der Waals surface area contributed by atoms with Gasteiger partial charge in [0.1, 0.15) is 5.82 Å². The molecule has 0 spiro atoms. The Bertz CT molecular complexity index is 1190. The van der Waals surface area contributed by atoms with E-state index >= 15 is 0 Å². The number of nitrogens with two attached hydrogens (primary N) is 1. The van der Waals surface area contributed by atoms with Gasteiger partial charge in [-0.25, -0.2) is 9.59 Å². The van der Waals surface area contributed by atoms with Gasteiger partial charge in [-0.05, 0) is 70.5 Å². The molecule has 0 bridgehead atoms. The Morgan fingerprint density at radius 3 is 2.39 bits per heavy atom. The number of nitrogens with zero attached hydrogens (tertiary/aromatic N) is 5. The Balaban J connectivity index is 1.34. The number of piperazine rings is 1. The van der Waals surface area contributed by atoms with Gasteiger partial charge in [-0.2, -0.15) is 4.98 Å². The van der Waals surface area contributed by atoms with Crippen LogP contribution < -0.4 is 16.7 Å². The van der Waals surface area contributed by atoms with Crippen molar-refractivity contribution < 1.29 is 14.7 Å². The first-order valence-electron chi connectivity index (χ1n) is 13.2. The number of amides is 3. The maximum atomic E-state index is 12.9. The molecule has 0 radical (unpaired) electrons. The third-order valence-electron chi connectivity index (χ3n) is 7.44. The summed E-state index contributed by atoms with van der Waals surface area (Å²) in [5.74, 6) is 0.0322. The van der Waals surface area contributed by atoms with Crippen molar-refractivity contribution in [1.82, 2.24) is 24.3 Å². The van der Waals surface area contributed by atoms with Gasteiger partial charge in [0.25, 0.3) is 0 Å². The molecule has 2 aliphatic rings. The summed E-state index contributed by atoms with van der Waals surface area (Å²) in [7, 11) is 0. The van der Waals surface area contributed by atoms with Gasteiger partial charge in [0.2, 0.25) is 5.91 Å². The van der Waals surface area contributed by atoms with E-state index in [4.69, 9.17) is 5.73 Å². The topological polar surface area (TPSA) is 137 Å². The zero-order valence-electron chi connectivity index (χ0n) is 22.5. The number of likely N-dealkylation sites (tertiary alicyclic amines) is 1. The summed E-state index contributed by atoms with van der Waals surface area (Å²) in [5, 5.41) is 12.2. The van der Waals surface area contributed by atoms with Crippen LogP contribution in [0.3, 0.4) is 0 Å². The van der Waals surface area contributed by atoms with Gasteiger partial charge in [0.15, 0.2) is 0 Å². The lowest BCUT2D eigenvalue weighted by Crippen LogP contribution is -2.58. The average Bonchev–Trinajstić information content (AvgIpc) is 2.90. The molecule has 1 atom stereocenters. The summed E-state index contributed by atoms with van der Waals surface area (Å²) in [6.45, 7) is 8.95. The highest BCUT2D eigenvalue weighted by Gasteiger charge is 2.36. The average molecular weight is 526 g/mol. The SMILES string of the molecule is C[C@@H]1CN(C(=O)C(C)(C)CO)CCN1C(=O)Nc1ccn(-c2ccc(CN3CCC(N)CC3)cc2)c(=O)n1. The minimum Gasteiger partial charge on any atom is -0.395 e. The van der Waals surface area contributed by atoms with Gasteiger partial charge in [-0.1, -0.05) is 12.1 Å². The van der Waals surface area contributed by atoms with Crippen LogP contribution in [-0.2, 0) is 11.3 Å². The molecule has 11 heteroatoms. The largest absolute Gasteiger partial charge is 0.395 e. The molecule has 0 unspecified atom stereocenters. The van der Waals surface area contributed by atoms with Crippen LogP contribution in [0, 0.1) is 5.41 Å². The number of hydrogen-bond acceptors (Lipinski definition) is 7. The zero-order valence-corrected chi connectivity index (χ0v) is 22.5. The molecular formula is C27H39N7O4. The number of aliphatic hydroxyl groups excluding tert-OH is 1. The molecule has 2 fully saturated rings. The molecule has 11 nitrogen and oxygen atoms in total. The molecule has 3 amide bonds. The second kappa shape index (κ2) is 11.6. The Morgan fingerprint density at radius 2 is 1.79 bits per heavy atom. The molecule has 206 valence electrons. The minimum atomic E-state index is -0.861. The summed E-state index contributed by atoms with van der Waals surface area (Å²) < 4.78 is 1.44. The summed E-state index contributed by atoms with van der Waals surface area (Å²) in [4.78, 5) is 48.0. The van der Waals surface area contributed by atoms with E-state index in [0.717, 1.165) is 32.5 Å². The molecule has 38 heavy (non-hydrogen) atoms. The molecule has 0 aliphatic carbocycles. The standard InChI is InChI=1S/C27H39N7O4/c1-19-16-32(24(36)27(2,3)18-35)14-15-33(19)25(37)29-23-10-13-34(26(38)30-23)22-6-4-20(5-7-22)17-31-11-8-21(28)9-12-31/h4-7,10,13,19,21,35H,8-9,11-12,14-18,28H2,1-3H3,(H,29,30,37,38)/t19-/m1/s1. The van der Waals surface area contributed by atoms with E-state index in [9.17, 15) is 19.5 Å². The number of urea groups is 1. The van der Waals surface area contributed by atoms with Crippen molar-refractivity contribution in [3.05, 3.63) is 52.6 Å². The molecule has 2 aromatic rings. The van der Waals surface area contributed by atoms with Gasteiger partial charge in [-0.15, -0.1) is 0 Å². The zero-order chi connectivity index (χ0) is 27.4. The Hall–Kier alpha value is -3.28. The van der Waals surface area contributed by atoms with E-state index in [-0.39, 0.29) is 30.4 Å². The first-order valence-corrected chi connectivity index (χ1v) is 13.2. The first-order chi connectivity index (χ1) is 18.1. The highest BCUT2D eigenvalue weighted by Crippen LogP contribution is 2.21. The van der Waals surface area contributed by atoms with Gasteiger partial charge in [0, 0.05) is 44.5 Å². The molecule has 2 aliphatic heterocycles. The number of carbonyl (C=O) groups is 2. The molecule has 4 N–H and O–H groups in total. The van der Waals surface area contributed by atoms with Gasteiger partial charge < -0.3 is 20.6 Å². The number of aromatic nitrogens is 2. The van der Waals surface area contributed by atoms with Crippen LogP contribution in [0.2, 0.25) is 0 Å². The lowest BCUT2D eigenvalue weighted by atomic mass is 9.92. The Morgan fingerprint density at radius 1 is 1.11 bits per heavy atom. The second-order valence-electron chi connectivity index (χ2n) is 11.0. The fourth-order valence-corrected chi connectivity index (χ4v) is 4.92. The van der Waals surface area contributed by atoms with Crippen LogP contribution in [0.15, 0.2) is 41.3 Å². The number of anilines is 1. The van der Waals surface area contributed by atoms with Crippen LogP contribution in [-0.4, -0.2) is 92.7 Å². The first kappa shape index (κ1) is 27.7. The predicted octanol–water partition coefficient (Wildman–Crippen LogP) is 1.24. The van der Waals surface area contributed by atoms with Crippen LogP contribution in [0.1, 0.15) is 39.2 Å². The molecule has 4 rings (SSSR count). The predicted molar refractivity (Wildman–Crippen MR) is 145 cm³/mol. The third kappa shape index (κ3) is 6.40. The lowest BCUT2D eigenvalue weighted by molar-refractivity contribution is -0.144. The lowest BCUT2D eigenvalue weighted by Gasteiger charge is -2.42.